The van der Waals surface area contributed by atoms with E-state index in [2.05, 4.69) is 14.9 Å². The number of methoxy groups -OCH3 is 3. The third-order valence-corrected chi connectivity index (χ3v) is 3.43. The first-order valence-corrected chi connectivity index (χ1v) is 7.24. The van der Waals surface area contributed by atoms with Gasteiger partial charge in [0.2, 0.25) is 5.75 Å². The molecule has 1 aromatic carbocycles. The van der Waals surface area contributed by atoms with Gasteiger partial charge in [0.05, 0.1) is 27.7 Å². The van der Waals surface area contributed by atoms with Gasteiger partial charge in [-0.15, -0.1) is 24.8 Å². The van der Waals surface area contributed by atoms with E-state index in [-0.39, 0.29) is 24.8 Å². The Morgan fingerprint density at radius 2 is 1.79 bits per heavy atom. The second kappa shape index (κ2) is 11.8. The zero-order chi connectivity index (χ0) is 15.8. The van der Waals surface area contributed by atoms with Crippen LogP contribution in [-0.2, 0) is 13.1 Å². The van der Waals surface area contributed by atoms with Crippen molar-refractivity contribution in [3.8, 4) is 17.2 Å². The summed E-state index contributed by atoms with van der Waals surface area (Å²) in [6.07, 6.45) is 6.63. The largest absolute Gasteiger partial charge is 0.493 e. The van der Waals surface area contributed by atoms with Gasteiger partial charge in [-0.05, 0) is 19.0 Å². The zero-order valence-corrected chi connectivity index (χ0v) is 15.8. The van der Waals surface area contributed by atoms with Gasteiger partial charge in [-0.2, -0.15) is 0 Å². The fourth-order valence-electron chi connectivity index (χ4n) is 2.33. The number of aryl methyl sites for hydroxylation is 1. The van der Waals surface area contributed by atoms with Crippen molar-refractivity contribution in [1.82, 2.24) is 14.9 Å². The lowest BCUT2D eigenvalue weighted by atomic mass is 10.1. The second-order valence-electron chi connectivity index (χ2n) is 4.82. The molecule has 2 rings (SSSR count). The first-order valence-electron chi connectivity index (χ1n) is 7.24. The summed E-state index contributed by atoms with van der Waals surface area (Å²) in [6, 6.07) is 3.88. The minimum absolute atomic E-state index is 0. The maximum Gasteiger partial charge on any atom is 0.203 e. The molecule has 0 bridgehead atoms. The number of benzene rings is 1. The van der Waals surface area contributed by atoms with E-state index in [1.165, 1.54) is 0 Å². The fraction of sp³-hybridized carbons (Fsp3) is 0.438. The average Bonchev–Trinajstić information content (AvgIpc) is 3.06. The van der Waals surface area contributed by atoms with Gasteiger partial charge in [-0.3, -0.25) is 0 Å². The van der Waals surface area contributed by atoms with Gasteiger partial charge in [-0.25, -0.2) is 4.98 Å². The maximum absolute atomic E-state index is 5.47. The van der Waals surface area contributed by atoms with Gasteiger partial charge in [0.15, 0.2) is 11.5 Å². The highest BCUT2D eigenvalue weighted by Gasteiger charge is 2.15. The van der Waals surface area contributed by atoms with Crippen molar-refractivity contribution < 1.29 is 14.2 Å². The summed E-state index contributed by atoms with van der Waals surface area (Å²) in [5, 5.41) is 3.42. The van der Waals surface area contributed by atoms with Crippen LogP contribution in [-0.4, -0.2) is 37.4 Å². The van der Waals surface area contributed by atoms with Crippen molar-refractivity contribution in [1.29, 1.82) is 0 Å². The molecule has 1 N–H and O–H groups in total. The molecule has 0 saturated heterocycles. The first-order chi connectivity index (χ1) is 10.8. The normalized spacial score (nSPS) is 9.62. The molecule has 1 heterocycles. The summed E-state index contributed by atoms with van der Waals surface area (Å²) in [5.41, 5.74) is 1.04. The van der Waals surface area contributed by atoms with Crippen LogP contribution in [0.15, 0.2) is 30.9 Å². The molecule has 0 fully saturated rings. The lowest BCUT2D eigenvalue weighted by Crippen LogP contribution is -2.17. The van der Waals surface area contributed by atoms with Crippen LogP contribution in [0.2, 0.25) is 0 Å². The van der Waals surface area contributed by atoms with E-state index in [0.29, 0.717) is 23.8 Å². The topological polar surface area (TPSA) is 57.5 Å². The van der Waals surface area contributed by atoms with Crippen LogP contribution in [0.4, 0.5) is 0 Å². The smallest absolute Gasteiger partial charge is 0.203 e. The average molecular weight is 378 g/mol. The number of hydrogen-bond donors (Lipinski definition) is 1. The number of imidazole rings is 1. The molecule has 0 aliphatic rings. The Kier molecular flexibility index (Phi) is 11.0. The number of aromatic nitrogens is 2. The van der Waals surface area contributed by atoms with Crippen LogP contribution >= 0.6 is 24.8 Å². The Morgan fingerprint density at radius 3 is 2.38 bits per heavy atom. The van der Waals surface area contributed by atoms with Crippen LogP contribution in [0.5, 0.6) is 17.2 Å². The molecule has 0 unspecified atom stereocenters. The van der Waals surface area contributed by atoms with Gasteiger partial charge < -0.3 is 24.1 Å². The molecule has 136 valence electrons. The van der Waals surface area contributed by atoms with E-state index in [1.54, 1.807) is 27.5 Å². The van der Waals surface area contributed by atoms with Crippen molar-refractivity contribution in [2.24, 2.45) is 0 Å². The standard InChI is InChI=1S/C16H23N3O3.2ClH/c1-20-14-6-5-13(15(21-2)16(14)22-3)11-17-7-4-9-19-10-8-18-12-19;;/h5-6,8,10,12,17H,4,7,9,11H2,1-3H3;2*1H. The van der Waals surface area contributed by atoms with Crippen molar-refractivity contribution in [3.63, 3.8) is 0 Å². The molecule has 0 aliphatic heterocycles. The summed E-state index contributed by atoms with van der Waals surface area (Å²) >= 11 is 0. The number of nitrogens with one attached hydrogen (secondary N) is 1. The van der Waals surface area contributed by atoms with Crippen LogP contribution in [0.1, 0.15) is 12.0 Å². The summed E-state index contributed by atoms with van der Waals surface area (Å²) in [4.78, 5) is 4.03. The van der Waals surface area contributed by atoms with Gasteiger partial charge in [0.25, 0.3) is 0 Å². The predicted octanol–water partition coefficient (Wildman–Crippen LogP) is 2.93. The van der Waals surface area contributed by atoms with E-state index in [4.69, 9.17) is 14.2 Å². The highest BCUT2D eigenvalue weighted by atomic mass is 35.5. The minimum atomic E-state index is 0. The molecular weight excluding hydrogens is 353 g/mol. The Labute approximate surface area is 155 Å². The van der Waals surface area contributed by atoms with Crippen molar-refractivity contribution in [2.45, 2.75) is 19.5 Å². The molecule has 0 atom stereocenters. The summed E-state index contributed by atoms with van der Waals surface area (Å²) in [5.74, 6) is 2.01. The van der Waals surface area contributed by atoms with E-state index in [9.17, 15) is 0 Å². The zero-order valence-electron chi connectivity index (χ0n) is 14.2. The quantitative estimate of drug-likeness (QED) is 0.680. The van der Waals surface area contributed by atoms with Crippen LogP contribution in [0, 0.1) is 0 Å². The number of ether oxygens (including phenoxy) is 3. The molecule has 6 nitrogen and oxygen atoms in total. The number of rotatable bonds is 9. The second-order valence-corrected chi connectivity index (χ2v) is 4.82. The third-order valence-electron chi connectivity index (χ3n) is 3.43. The SMILES string of the molecule is COc1ccc(CNCCCn2ccnc2)c(OC)c1OC.Cl.Cl. The lowest BCUT2D eigenvalue weighted by Gasteiger charge is -2.16. The van der Waals surface area contributed by atoms with Gasteiger partial charge in [0.1, 0.15) is 0 Å². The summed E-state index contributed by atoms with van der Waals surface area (Å²) in [6.45, 7) is 2.58. The van der Waals surface area contributed by atoms with E-state index < -0.39 is 0 Å². The molecule has 0 spiro atoms. The molecule has 24 heavy (non-hydrogen) atoms. The molecule has 0 amide bonds. The maximum atomic E-state index is 5.47. The monoisotopic (exact) mass is 377 g/mol. The summed E-state index contributed by atoms with van der Waals surface area (Å²) < 4.78 is 18.2. The van der Waals surface area contributed by atoms with Gasteiger partial charge >= 0.3 is 0 Å². The van der Waals surface area contributed by atoms with Gasteiger partial charge in [-0.1, -0.05) is 6.07 Å². The number of hydrogen-bond acceptors (Lipinski definition) is 5. The number of halogens is 2. The summed E-state index contributed by atoms with van der Waals surface area (Å²) in [7, 11) is 4.87. The van der Waals surface area contributed by atoms with Crippen molar-refractivity contribution in [3.05, 3.63) is 36.4 Å². The lowest BCUT2D eigenvalue weighted by molar-refractivity contribution is 0.321. The number of nitrogens with zero attached hydrogens (tertiary/aromatic N) is 2. The molecule has 0 saturated carbocycles. The molecule has 2 aromatic rings. The van der Waals surface area contributed by atoms with E-state index in [0.717, 1.165) is 25.1 Å². The Bertz CT molecular complexity index is 580. The molecule has 0 radical (unpaired) electrons. The first kappa shape index (κ1) is 22.4. The highest BCUT2D eigenvalue weighted by Crippen LogP contribution is 2.39. The Morgan fingerprint density at radius 1 is 1.04 bits per heavy atom. The van der Waals surface area contributed by atoms with Crippen molar-refractivity contribution in [2.75, 3.05) is 27.9 Å². The minimum Gasteiger partial charge on any atom is -0.493 e. The predicted molar refractivity (Wildman–Crippen MR) is 99.1 cm³/mol. The molecule has 0 aliphatic carbocycles. The van der Waals surface area contributed by atoms with E-state index >= 15 is 0 Å². The molecular formula is C16H25Cl2N3O3. The molecule has 1 aromatic heterocycles. The fourth-order valence-corrected chi connectivity index (χ4v) is 2.33. The van der Waals surface area contributed by atoms with E-state index in [1.807, 2.05) is 24.7 Å². The van der Waals surface area contributed by atoms with Crippen molar-refractivity contribution >= 4 is 24.8 Å². The Hall–Kier alpha value is -1.63. The van der Waals surface area contributed by atoms with Gasteiger partial charge in [0, 0.05) is 31.0 Å². The van der Waals surface area contributed by atoms with Crippen LogP contribution in [0.3, 0.4) is 0 Å². The highest BCUT2D eigenvalue weighted by molar-refractivity contribution is 5.85. The third kappa shape index (κ3) is 5.78. The van der Waals surface area contributed by atoms with Crippen LogP contribution < -0.4 is 19.5 Å². The Balaban J connectivity index is 0.00000264. The van der Waals surface area contributed by atoms with Crippen LogP contribution in [0.25, 0.3) is 0 Å². The molecule has 8 heteroatoms.